The molecule has 0 aromatic carbocycles. The molecule has 0 aliphatic heterocycles. The monoisotopic (exact) mass is 278 g/mol. The molecule has 4 nitrogen and oxygen atoms in total. The van der Waals surface area contributed by atoms with Gasteiger partial charge in [0.25, 0.3) is 0 Å². The van der Waals surface area contributed by atoms with E-state index < -0.39 is 11.9 Å². The van der Waals surface area contributed by atoms with Crippen molar-refractivity contribution in [3.8, 4) is 6.07 Å². The molecule has 0 aliphatic rings. The van der Waals surface area contributed by atoms with Gasteiger partial charge in [-0.3, -0.25) is 0 Å². The number of aryl methyl sites for hydroxylation is 1. The number of halogens is 3. The summed E-state index contributed by atoms with van der Waals surface area (Å²) in [5.41, 5.74) is 0.343. The number of hydrogen-bond acceptors (Lipinski definition) is 4. The number of nitrogens with one attached hydrogen (secondary N) is 1. The van der Waals surface area contributed by atoms with E-state index in [0.29, 0.717) is 16.9 Å². The van der Waals surface area contributed by atoms with Gasteiger partial charge in [0.15, 0.2) is 0 Å². The van der Waals surface area contributed by atoms with Crippen molar-refractivity contribution in [1.29, 1.82) is 5.26 Å². The quantitative estimate of drug-likeness (QED) is 0.914. The SMILES string of the molecule is Cc1ccc(C#N)c(Nc2ccc(C(F)(F)F)nc2)n1. The van der Waals surface area contributed by atoms with Gasteiger partial charge in [-0.1, -0.05) is 0 Å². The Morgan fingerprint density at radius 3 is 2.50 bits per heavy atom. The van der Waals surface area contributed by atoms with Crippen molar-refractivity contribution in [1.82, 2.24) is 9.97 Å². The van der Waals surface area contributed by atoms with Crippen LogP contribution in [0.1, 0.15) is 17.0 Å². The van der Waals surface area contributed by atoms with Gasteiger partial charge in [-0.2, -0.15) is 18.4 Å². The van der Waals surface area contributed by atoms with Crippen LogP contribution in [0.5, 0.6) is 0 Å². The van der Waals surface area contributed by atoms with Gasteiger partial charge >= 0.3 is 6.18 Å². The summed E-state index contributed by atoms with van der Waals surface area (Å²) in [5.74, 6) is 0.286. The molecule has 0 saturated heterocycles. The molecule has 102 valence electrons. The van der Waals surface area contributed by atoms with Gasteiger partial charge in [0.2, 0.25) is 0 Å². The van der Waals surface area contributed by atoms with Crippen molar-refractivity contribution >= 4 is 11.5 Å². The fraction of sp³-hybridized carbons (Fsp3) is 0.154. The van der Waals surface area contributed by atoms with E-state index in [4.69, 9.17) is 5.26 Å². The van der Waals surface area contributed by atoms with Gasteiger partial charge in [-0.05, 0) is 31.2 Å². The number of aromatic nitrogens is 2. The summed E-state index contributed by atoms with van der Waals surface area (Å²) in [6, 6.07) is 7.32. The van der Waals surface area contributed by atoms with Crippen molar-refractivity contribution in [2.24, 2.45) is 0 Å². The molecule has 7 heteroatoms. The van der Waals surface area contributed by atoms with Crippen LogP contribution in [0, 0.1) is 18.3 Å². The molecule has 0 radical (unpaired) electrons. The fourth-order valence-corrected chi connectivity index (χ4v) is 1.51. The highest BCUT2D eigenvalue weighted by molar-refractivity contribution is 5.62. The Morgan fingerprint density at radius 2 is 1.95 bits per heavy atom. The average molecular weight is 278 g/mol. The molecule has 20 heavy (non-hydrogen) atoms. The second kappa shape index (κ2) is 5.17. The zero-order chi connectivity index (χ0) is 14.8. The summed E-state index contributed by atoms with van der Waals surface area (Å²) in [5, 5.41) is 11.7. The van der Waals surface area contributed by atoms with E-state index in [-0.39, 0.29) is 5.82 Å². The fourth-order valence-electron chi connectivity index (χ4n) is 1.51. The Labute approximate surface area is 112 Å². The van der Waals surface area contributed by atoms with E-state index >= 15 is 0 Å². The molecule has 2 heterocycles. The third-order valence-electron chi connectivity index (χ3n) is 2.47. The van der Waals surface area contributed by atoms with Crippen LogP contribution in [0.25, 0.3) is 0 Å². The molecule has 0 unspecified atom stereocenters. The van der Waals surface area contributed by atoms with E-state index in [9.17, 15) is 13.2 Å². The second-order valence-corrected chi connectivity index (χ2v) is 4.02. The smallest absolute Gasteiger partial charge is 0.338 e. The van der Waals surface area contributed by atoms with Crippen LogP contribution in [-0.4, -0.2) is 9.97 Å². The molecular formula is C13H9F3N4. The Balaban J connectivity index is 2.27. The minimum atomic E-state index is -4.47. The molecule has 0 bridgehead atoms. The highest BCUT2D eigenvalue weighted by atomic mass is 19.4. The van der Waals surface area contributed by atoms with Crippen molar-refractivity contribution in [2.45, 2.75) is 13.1 Å². The van der Waals surface area contributed by atoms with Crippen LogP contribution in [-0.2, 0) is 6.18 Å². The molecule has 0 fully saturated rings. The molecule has 1 N–H and O–H groups in total. The lowest BCUT2D eigenvalue weighted by molar-refractivity contribution is -0.141. The van der Waals surface area contributed by atoms with E-state index in [1.807, 2.05) is 6.07 Å². The van der Waals surface area contributed by atoms with Gasteiger partial charge in [0.1, 0.15) is 17.6 Å². The zero-order valence-corrected chi connectivity index (χ0v) is 10.4. The lowest BCUT2D eigenvalue weighted by Crippen LogP contribution is -2.08. The number of anilines is 2. The number of pyridine rings is 2. The van der Waals surface area contributed by atoms with Crippen LogP contribution >= 0.6 is 0 Å². The van der Waals surface area contributed by atoms with Gasteiger partial charge in [-0.25, -0.2) is 9.97 Å². The number of rotatable bonds is 2. The predicted octanol–water partition coefficient (Wildman–Crippen LogP) is 3.42. The van der Waals surface area contributed by atoms with E-state index in [2.05, 4.69) is 15.3 Å². The maximum atomic E-state index is 12.4. The summed E-state index contributed by atoms with van der Waals surface area (Å²) in [7, 11) is 0. The summed E-state index contributed by atoms with van der Waals surface area (Å²) < 4.78 is 37.1. The van der Waals surface area contributed by atoms with Crippen molar-refractivity contribution < 1.29 is 13.2 Å². The predicted molar refractivity (Wildman–Crippen MR) is 66.2 cm³/mol. The highest BCUT2D eigenvalue weighted by Crippen LogP contribution is 2.28. The number of nitriles is 1. The second-order valence-electron chi connectivity index (χ2n) is 4.02. The molecule has 0 spiro atoms. The third-order valence-corrected chi connectivity index (χ3v) is 2.47. The standard InChI is InChI=1S/C13H9F3N4/c1-8-2-3-9(6-17)12(19-8)20-10-4-5-11(18-7-10)13(14,15)16/h2-5,7H,1H3,(H,19,20). The minimum Gasteiger partial charge on any atom is -0.338 e. The largest absolute Gasteiger partial charge is 0.433 e. The average Bonchev–Trinajstić information content (AvgIpc) is 2.38. The van der Waals surface area contributed by atoms with E-state index in [0.717, 1.165) is 12.3 Å². The first-order chi connectivity index (χ1) is 9.40. The molecule has 2 rings (SSSR count). The molecule has 0 aliphatic carbocycles. The van der Waals surface area contributed by atoms with Crippen molar-refractivity contribution in [3.05, 3.63) is 47.4 Å². The van der Waals surface area contributed by atoms with Gasteiger partial charge < -0.3 is 5.32 Å². The first kappa shape index (κ1) is 13.8. The Kier molecular flexibility index (Phi) is 3.57. The van der Waals surface area contributed by atoms with E-state index in [1.54, 1.807) is 19.1 Å². The van der Waals surface area contributed by atoms with Gasteiger partial charge in [0.05, 0.1) is 17.4 Å². The Hall–Kier alpha value is -2.62. The zero-order valence-electron chi connectivity index (χ0n) is 10.4. The Bertz CT molecular complexity index is 657. The van der Waals surface area contributed by atoms with Gasteiger partial charge in [-0.15, -0.1) is 0 Å². The Morgan fingerprint density at radius 1 is 1.20 bits per heavy atom. The number of nitrogens with zero attached hydrogens (tertiary/aromatic N) is 3. The lowest BCUT2D eigenvalue weighted by atomic mass is 10.2. The number of alkyl halides is 3. The van der Waals surface area contributed by atoms with E-state index in [1.165, 1.54) is 6.07 Å². The number of hydrogen-bond donors (Lipinski definition) is 1. The molecule has 0 atom stereocenters. The molecule has 0 amide bonds. The minimum absolute atomic E-state index is 0.286. The summed E-state index contributed by atoms with van der Waals surface area (Å²) in [4.78, 5) is 7.45. The van der Waals surface area contributed by atoms with Crippen molar-refractivity contribution in [3.63, 3.8) is 0 Å². The molecule has 2 aromatic rings. The van der Waals surface area contributed by atoms with Gasteiger partial charge in [0, 0.05) is 5.69 Å². The topological polar surface area (TPSA) is 61.6 Å². The summed E-state index contributed by atoms with van der Waals surface area (Å²) >= 11 is 0. The van der Waals surface area contributed by atoms with Crippen molar-refractivity contribution in [2.75, 3.05) is 5.32 Å². The summed E-state index contributed by atoms with van der Waals surface area (Å²) in [6.45, 7) is 1.75. The maximum Gasteiger partial charge on any atom is 0.433 e. The first-order valence-corrected chi connectivity index (χ1v) is 5.58. The summed E-state index contributed by atoms with van der Waals surface area (Å²) in [6.07, 6.45) is -3.42. The van der Waals surface area contributed by atoms with Crippen LogP contribution in [0.15, 0.2) is 30.5 Å². The van der Waals surface area contributed by atoms with Crippen LogP contribution in [0.3, 0.4) is 0 Å². The molecule has 2 aromatic heterocycles. The first-order valence-electron chi connectivity index (χ1n) is 5.58. The normalized spacial score (nSPS) is 10.9. The van der Waals surface area contributed by atoms with Crippen LogP contribution in [0.4, 0.5) is 24.7 Å². The molecule has 0 saturated carbocycles. The molecular weight excluding hydrogens is 269 g/mol. The maximum absolute atomic E-state index is 12.4. The van der Waals surface area contributed by atoms with Crippen LogP contribution in [0.2, 0.25) is 0 Å². The third kappa shape index (κ3) is 3.03. The van der Waals surface area contributed by atoms with Crippen LogP contribution < -0.4 is 5.32 Å². The lowest BCUT2D eigenvalue weighted by Gasteiger charge is -2.09. The highest BCUT2D eigenvalue weighted by Gasteiger charge is 2.32.